The van der Waals surface area contributed by atoms with Crippen LogP contribution >= 0.6 is 12.4 Å². The van der Waals surface area contributed by atoms with E-state index in [9.17, 15) is 0 Å². The SMILES string of the molecule is Cl.c1ccc(COCC2CN(Cc3ccccc3)CCO2)cc1. The number of halogens is 1. The minimum absolute atomic E-state index is 0. The zero-order valence-corrected chi connectivity index (χ0v) is 14.1. The number of morpholine rings is 1. The summed E-state index contributed by atoms with van der Waals surface area (Å²) in [7, 11) is 0. The largest absolute Gasteiger partial charge is 0.374 e. The molecule has 0 aromatic heterocycles. The van der Waals surface area contributed by atoms with Gasteiger partial charge in [0.1, 0.15) is 0 Å². The first kappa shape index (κ1) is 18.0. The molecule has 1 aliphatic heterocycles. The van der Waals surface area contributed by atoms with Crippen LogP contribution in [0.3, 0.4) is 0 Å². The lowest BCUT2D eigenvalue weighted by Crippen LogP contribution is -2.43. The Morgan fingerprint density at radius 3 is 2.30 bits per heavy atom. The van der Waals surface area contributed by atoms with Gasteiger partial charge in [-0.2, -0.15) is 0 Å². The molecule has 1 heterocycles. The van der Waals surface area contributed by atoms with Gasteiger partial charge in [0, 0.05) is 19.6 Å². The van der Waals surface area contributed by atoms with Crippen LogP contribution in [0.1, 0.15) is 11.1 Å². The number of hydrogen-bond acceptors (Lipinski definition) is 3. The number of hydrogen-bond donors (Lipinski definition) is 0. The first-order valence-corrected chi connectivity index (χ1v) is 7.90. The molecular weight excluding hydrogens is 310 g/mol. The van der Waals surface area contributed by atoms with Crippen LogP contribution in [0.25, 0.3) is 0 Å². The zero-order chi connectivity index (χ0) is 15.0. The van der Waals surface area contributed by atoms with E-state index in [2.05, 4.69) is 47.4 Å². The number of benzene rings is 2. The van der Waals surface area contributed by atoms with Crippen molar-refractivity contribution in [1.29, 1.82) is 0 Å². The fourth-order valence-electron chi connectivity index (χ4n) is 2.75. The van der Waals surface area contributed by atoms with E-state index in [0.29, 0.717) is 13.2 Å². The second kappa shape index (κ2) is 9.68. The van der Waals surface area contributed by atoms with Crippen molar-refractivity contribution >= 4 is 12.4 Å². The third kappa shape index (κ3) is 5.96. The van der Waals surface area contributed by atoms with Crippen molar-refractivity contribution in [2.24, 2.45) is 0 Å². The molecule has 23 heavy (non-hydrogen) atoms. The molecule has 1 unspecified atom stereocenters. The Kier molecular flexibility index (Phi) is 7.56. The van der Waals surface area contributed by atoms with Crippen molar-refractivity contribution in [1.82, 2.24) is 4.90 Å². The molecule has 1 fully saturated rings. The molecule has 1 saturated heterocycles. The fraction of sp³-hybridized carbons (Fsp3) is 0.368. The molecule has 2 aromatic rings. The van der Waals surface area contributed by atoms with E-state index < -0.39 is 0 Å². The molecule has 0 saturated carbocycles. The Hall–Kier alpha value is -1.39. The van der Waals surface area contributed by atoms with Crippen molar-refractivity contribution in [3.63, 3.8) is 0 Å². The Bertz CT molecular complexity index is 550. The summed E-state index contributed by atoms with van der Waals surface area (Å²) in [5, 5.41) is 0. The molecule has 3 rings (SSSR count). The van der Waals surface area contributed by atoms with Crippen molar-refractivity contribution < 1.29 is 9.47 Å². The van der Waals surface area contributed by atoms with Crippen LogP contribution in [0.4, 0.5) is 0 Å². The molecular formula is C19H24ClNO2. The van der Waals surface area contributed by atoms with Crippen molar-refractivity contribution in [2.75, 3.05) is 26.3 Å². The number of nitrogens with zero attached hydrogens (tertiary/aromatic N) is 1. The summed E-state index contributed by atoms with van der Waals surface area (Å²) in [6.07, 6.45) is 0.168. The lowest BCUT2D eigenvalue weighted by atomic mass is 10.2. The Balaban J connectivity index is 0.00000192. The van der Waals surface area contributed by atoms with Crippen LogP contribution in [0.15, 0.2) is 60.7 Å². The van der Waals surface area contributed by atoms with Gasteiger partial charge in [-0.15, -0.1) is 12.4 Å². The molecule has 0 bridgehead atoms. The van der Waals surface area contributed by atoms with Crippen molar-refractivity contribution in [2.45, 2.75) is 19.3 Å². The summed E-state index contributed by atoms with van der Waals surface area (Å²) in [5.74, 6) is 0. The van der Waals surface area contributed by atoms with E-state index in [0.717, 1.165) is 26.2 Å². The average molecular weight is 334 g/mol. The number of rotatable bonds is 6. The van der Waals surface area contributed by atoms with E-state index in [1.54, 1.807) is 0 Å². The van der Waals surface area contributed by atoms with Gasteiger partial charge >= 0.3 is 0 Å². The third-order valence-corrected chi connectivity index (χ3v) is 3.89. The van der Waals surface area contributed by atoms with Gasteiger partial charge in [-0.3, -0.25) is 4.90 Å². The topological polar surface area (TPSA) is 21.7 Å². The van der Waals surface area contributed by atoms with E-state index in [1.807, 2.05) is 18.2 Å². The second-order valence-corrected chi connectivity index (χ2v) is 5.71. The predicted octanol–water partition coefficient (Wildman–Crippen LogP) is 3.53. The third-order valence-electron chi connectivity index (χ3n) is 3.89. The first-order chi connectivity index (χ1) is 10.9. The summed E-state index contributed by atoms with van der Waals surface area (Å²) in [6.45, 7) is 5.00. The van der Waals surface area contributed by atoms with E-state index in [4.69, 9.17) is 9.47 Å². The summed E-state index contributed by atoms with van der Waals surface area (Å²) in [5.41, 5.74) is 2.56. The van der Waals surface area contributed by atoms with Gasteiger partial charge in [-0.25, -0.2) is 0 Å². The summed E-state index contributed by atoms with van der Waals surface area (Å²) < 4.78 is 11.6. The molecule has 124 valence electrons. The van der Waals surface area contributed by atoms with Gasteiger partial charge < -0.3 is 9.47 Å². The molecule has 2 aromatic carbocycles. The Labute approximate surface area is 144 Å². The predicted molar refractivity (Wildman–Crippen MR) is 94.8 cm³/mol. The lowest BCUT2D eigenvalue weighted by Gasteiger charge is -2.32. The Morgan fingerprint density at radius 2 is 1.61 bits per heavy atom. The van der Waals surface area contributed by atoms with Crippen molar-refractivity contribution in [3.05, 3.63) is 71.8 Å². The van der Waals surface area contributed by atoms with Crippen LogP contribution in [0.5, 0.6) is 0 Å². The highest BCUT2D eigenvalue weighted by Crippen LogP contribution is 2.11. The summed E-state index contributed by atoms with van der Waals surface area (Å²) in [6, 6.07) is 20.9. The first-order valence-electron chi connectivity index (χ1n) is 7.90. The van der Waals surface area contributed by atoms with E-state index in [1.165, 1.54) is 11.1 Å². The van der Waals surface area contributed by atoms with E-state index >= 15 is 0 Å². The van der Waals surface area contributed by atoms with E-state index in [-0.39, 0.29) is 18.5 Å². The smallest absolute Gasteiger partial charge is 0.0935 e. The molecule has 1 aliphatic rings. The standard InChI is InChI=1S/C19H23NO2.ClH/c1-3-7-17(8-4-1)13-20-11-12-22-19(14-20)16-21-15-18-9-5-2-6-10-18;/h1-10,19H,11-16H2;1H. The zero-order valence-electron chi connectivity index (χ0n) is 13.3. The van der Waals surface area contributed by atoms with Gasteiger partial charge in [0.05, 0.1) is 25.9 Å². The van der Waals surface area contributed by atoms with Crippen LogP contribution in [0.2, 0.25) is 0 Å². The molecule has 4 heteroatoms. The fourth-order valence-corrected chi connectivity index (χ4v) is 2.75. The van der Waals surface area contributed by atoms with Gasteiger partial charge in [0.25, 0.3) is 0 Å². The normalized spacial score (nSPS) is 18.3. The van der Waals surface area contributed by atoms with Crippen LogP contribution in [-0.2, 0) is 22.6 Å². The van der Waals surface area contributed by atoms with Crippen LogP contribution in [-0.4, -0.2) is 37.3 Å². The van der Waals surface area contributed by atoms with Gasteiger partial charge in [0.2, 0.25) is 0 Å². The highest BCUT2D eigenvalue weighted by Gasteiger charge is 2.20. The molecule has 3 nitrogen and oxygen atoms in total. The molecule has 0 amide bonds. The molecule has 0 aliphatic carbocycles. The quantitative estimate of drug-likeness (QED) is 0.807. The molecule has 1 atom stereocenters. The van der Waals surface area contributed by atoms with Gasteiger partial charge in [-0.05, 0) is 11.1 Å². The van der Waals surface area contributed by atoms with Gasteiger partial charge in [0.15, 0.2) is 0 Å². The second-order valence-electron chi connectivity index (χ2n) is 5.71. The minimum Gasteiger partial charge on any atom is -0.374 e. The summed E-state index contributed by atoms with van der Waals surface area (Å²) >= 11 is 0. The van der Waals surface area contributed by atoms with Gasteiger partial charge in [-0.1, -0.05) is 60.7 Å². The Morgan fingerprint density at radius 1 is 0.957 bits per heavy atom. The number of ether oxygens (including phenoxy) is 2. The monoisotopic (exact) mass is 333 g/mol. The molecule has 0 N–H and O–H groups in total. The van der Waals surface area contributed by atoms with Crippen LogP contribution < -0.4 is 0 Å². The highest BCUT2D eigenvalue weighted by molar-refractivity contribution is 5.85. The highest BCUT2D eigenvalue weighted by atomic mass is 35.5. The minimum atomic E-state index is 0. The molecule has 0 radical (unpaired) electrons. The maximum atomic E-state index is 5.82. The summed E-state index contributed by atoms with van der Waals surface area (Å²) in [4.78, 5) is 2.44. The van der Waals surface area contributed by atoms with Crippen molar-refractivity contribution in [3.8, 4) is 0 Å². The average Bonchev–Trinajstić information content (AvgIpc) is 2.57. The maximum Gasteiger partial charge on any atom is 0.0935 e. The lowest BCUT2D eigenvalue weighted by molar-refractivity contribution is -0.0741. The maximum absolute atomic E-state index is 5.82. The van der Waals surface area contributed by atoms with Crippen LogP contribution in [0, 0.1) is 0 Å². The molecule has 0 spiro atoms.